The van der Waals surface area contributed by atoms with Crippen molar-refractivity contribution in [3.63, 3.8) is 0 Å². The molecule has 2 aromatic carbocycles. The van der Waals surface area contributed by atoms with Gasteiger partial charge >= 0.3 is 0 Å². The lowest BCUT2D eigenvalue weighted by molar-refractivity contribution is 0.100. The molecule has 0 fully saturated rings. The maximum absolute atomic E-state index is 11.2. The first kappa shape index (κ1) is 13.6. The van der Waals surface area contributed by atoms with E-state index in [2.05, 4.69) is 4.99 Å². The summed E-state index contributed by atoms with van der Waals surface area (Å²) in [7, 11) is 0. The van der Waals surface area contributed by atoms with Gasteiger partial charge in [-0.15, -0.1) is 0 Å². The van der Waals surface area contributed by atoms with E-state index < -0.39 is 5.91 Å². The number of primary amides is 1. The van der Waals surface area contributed by atoms with Gasteiger partial charge in [0.1, 0.15) is 0 Å². The van der Waals surface area contributed by atoms with Gasteiger partial charge in [-0.1, -0.05) is 41.4 Å². The molecule has 2 aromatic rings. The van der Waals surface area contributed by atoms with Gasteiger partial charge in [0.15, 0.2) is 0 Å². The number of amides is 1. The lowest BCUT2D eigenvalue weighted by Crippen LogP contribution is -2.10. The zero-order valence-electron chi connectivity index (χ0n) is 9.81. The fraction of sp³-hybridized carbons (Fsp3) is 0. The van der Waals surface area contributed by atoms with Crippen LogP contribution < -0.4 is 5.73 Å². The van der Waals surface area contributed by atoms with Gasteiger partial charge in [0, 0.05) is 16.8 Å². The van der Waals surface area contributed by atoms with Crippen LogP contribution in [0.5, 0.6) is 0 Å². The molecule has 0 heterocycles. The average molecular weight is 293 g/mol. The number of carbonyl (C=O) groups excluding carboxylic acids is 1. The molecule has 5 heteroatoms. The van der Waals surface area contributed by atoms with Crippen LogP contribution in [0.4, 0.5) is 5.69 Å². The Balaban J connectivity index is 2.35. The second kappa shape index (κ2) is 5.87. The quantitative estimate of drug-likeness (QED) is 0.859. The largest absolute Gasteiger partial charge is 0.366 e. The van der Waals surface area contributed by atoms with E-state index in [0.29, 0.717) is 26.9 Å². The molecule has 1 amide bonds. The van der Waals surface area contributed by atoms with Crippen molar-refractivity contribution < 1.29 is 4.79 Å². The van der Waals surface area contributed by atoms with E-state index >= 15 is 0 Å². The summed E-state index contributed by atoms with van der Waals surface area (Å²) in [6.07, 6.45) is 1.57. The molecule has 0 atom stereocenters. The lowest BCUT2D eigenvalue weighted by atomic mass is 10.1. The van der Waals surface area contributed by atoms with Gasteiger partial charge in [-0.2, -0.15) is 0 Å². The van der Waals surface area contributed by atoms with Gasteiger partial charge in [0.25, 0.3) is 5.91 Å². The number of benzene rings is 2. The molecule has 19 heavy (non-hydrogen) atoms. The van der Waals surface area contributed by atoms with Crippen molar-refractivity contribution in [3.05, 3.63) is 63.6 Å². The van der Waals surface area contributed by atoms with Crippen molar-refractivity contribution in [2.24, 2.45) is 10.7 Å². The first-order valence-electron chi connectivity index (χ1n) is 5.46. The molecule has 0 aliphatic rings. The third-order valence-electron chi connectivity index (χ3n) is 2.47. The van der Waals surface area contributed by atoms with Crippen molar-refractivity contribution in [1.82, 2.24) is 0 Å². The molecule has 0 aliphatic carbocycles. The molecule has 96 valence electrons. The van der Waals surface area contributed by atoms with Crippen molar-refractivity contribution in [2.75, 3.05) is 0 Å². The van der Waals surface area contributed by atoms with Gasteiger partial charge in [0.2, 0.25) is 0 Å². The van der Waals surface area contributed by atoms with Crippen LogP contribution in [-0.4, -0.2) is 12.1 Å². The Kier molecular flexibility index (Phi) is 4.20. The Morgan fingerprint density at radius 2 is 1.89 bits per heavy atom. The monoisotopic (exact) mass is 292 g/mol. The van der Waals surface area contributed by atoms with E-state index in [1.165, 1.54) is 0 Å². The number of hydrogen-bond donors (Lipinski definition) is 1. The molecular formula is C14H10Cl2N2O. The van der Waals surface area contributed by atoms with Crippen LogP contribution in [0.15, 0.2) is 47.5 Å². The van der Waals surface area contributed by atoms with Crippen LogP contribution in [-0.2, 0) is 0 Å². The Bertz CT molecular complexity index is 654. The van der Waals surface area contributed by atoms with E-state index in [0.717, 1.165) is 0 Å². The first-order chi connectivity index (χ1) is 9.08. The molecule has 0 bridgehead atoms. The summed E-state index contributed by atoms with van der Waals surface area (Å²) in [5.41, 5.74) is 6.86. The predicted molar refractivity (Wildman–Crippen MR) is 78.7 cm³/mol. The van der Waals surface area contributed by atoms with Crippen LogP contribution >= 0.6 is 23.2 Å². The van der Waals surface area contributed by atoms with Gasteiger partial charge < -0.3 is 5.73 Å². The van der Waals surface area contributed by atoms with E-state index in [-0.39, 0.29) is 0 Å². The highest BCUT2D eigenvalue weighted by Crippen LogP contribution is 2.22. The second-order valence-electron chi connectivity index (χ2n) is 3.81. The lowest BCUT2D eigenvalue weighted by Gasteiger charge is -2.01. The van der Waals surface area contributed by atoms with Gasteiger partial charge in [-0.05, 0) is 24.3 Å². The number of hydrogen-bond acceptors (Lipinski definition) is 2. The Hall–Kier alpha value is -1.84. The van der Waals surface area contributed by atoms with Crippen molar-refractivity contribution in [1.29, 1.82) is 0 Å². The smallest absolute Gasteiger partial charge is 0.250 e. The summed E-state index contributed by atoms with van der Waals surface area (Å²) in [5, 5.41) is 1.05. The normalized spacial score (nSPS) is 10.8. The molecule has 0 unspecified atom stereocenters. The number of carbonyl (C=O) groups is 1. The van der Waals surface area contributed by atoms with Crippen LogP contribution in [0.25, 0.3) is 0 Å². The summed E-state index contributed by atoms with van der Waals surface area (Å²) in [5.74, 6) is -0.519. The van der Waals surface area contributed by atoms with Crippen molar-refractivity contribution >= 4 is 41.0 Å². The summed E-state index contributed by atoms with van der Waals surface area (Å²) < 4.78 is 0. The standard InChI is InChI=1S/C14H10Cl2N2O/c15-10-6-5-9(12(16)7-10)8-18-13-4-2-1-3-11(13)14(17)19/h1-8H,(H2,17,19)/b18-8+. The van der Waals surface area contributed by atoms with Gasteiger partial charge in [-0.3, -0.25) is 9.79 Å². The third kappa shape index (κ3) is 3.34. The van der Waals surface area contributed by atoms with Crippen LogP contribution in [0.1, 0.15) is 15.9 Å². The van der Waals surface area contributed by atoms with Crippen LogP contribution in [0.3, 0.4) is 0 Å². The molecule has 0 spiro atoms. The number of aliphatic imine (C=N–C) groups is 1. The Morgan fingerprint density at radius 1 is 1.16 bits per heavy atom. The summed E-state index contributed by atoms with van der Waals surface area (Å²) in [4.78, 5) is 15.5. The molecule has 2 rings (SSSR count). The number of para-hydroxylation sites is 1. The highest BCUT2D eigenvalue weighted by molar-refractivity contribution is 6.36. The third-order valence-corrected chi connectivity index (χ3v) is 3.04. The minimum atomic E-state index is -0.519. The van der Waals surface area contributed by atoms with Crippen LogP contribution in [0, 0.1) is 0 Å². The summed E-state index contributed by atoms with van der Waals surface area (Å²) >= 11 is 11.8. The van der Waals surface area contributed by atoms with Crippen molar-refractivity contribution in [2.45, 2.75) is 0 Å². The van der Waals surface area contributed by atoms with E-state index in [4.69, 9.17) is 28.9 Å². The fourth-order valence-electron chi connectivity index (χ4n) is 1.54. The van der Waals surface area contributed by atoms with Crippen LogP contribution in [0.2, 0.25) is 10.0 Å². The average Bonchev–Trinajstić information content (AvgIpc) is 2.38. The topological polar surface area (TPSA) is 55.5 Å². The zero-order chi connectivity index (χ0) is 13.8. The van der Waals surface area contributed by atoms with Gasteiger partial charge in [-0.25, -0.2) is 0 Å². The minimum Gasteiger partial charge on any atom is -0.366 e. The molecule has 0 aromatic heterocycles. The van der Waals surface area contributed by atoms with E-state index in [1.54, 1.807) is 48.7 Å². The summed E-state index contributed by atoms with van der Waals surface area (Å²) in [6.45, 7) is 0. The minimum absolute atomic E-state index is 0.365. The second-order valence-corrected chi connectivity index (χ2v) is 4.65. The number of halogens is 2. The van der Waals surface area contributed by atoms with Crippen molar-refractivity contribution in [3.8, 4) is 0 Å². The van der Waals surface area contributed by atoms with Gasteiger partial charge in [0.05, 0.1) is 16.3 Å². The molecule has 2 N–H and O–H groups in total. The summed E-state index contributed by atoms with van der Waals surface area (Å²) in [6, 6.07) is 11.9. The molecule has 0 aliphatic heterocycles. The highest BCUT2D eigenvalue weighted by Gasteiger charge is 2.05. The Labute approximate surface area is 120 Å². The molecular weight excluding hydrogens is 283 g/mol. The van der Waals surface area contributed by atoms with E-state index in [1.807, 2.05) is 0 Å². The number of nitrogens with zero attached hydrogens (tertiary/aromatic N) is 1. The fourth-order valence-corrected chi connectivity index (χ4v) is 2.00. The van der Waals surface area contributed by atoms with E-state index in [9.17, 15) is 4.79 Å². The number of rotatable bonds is 3. The molecule has 0 saturated heterocycles. The zero-order valence-corrected chi connectivity index (χ0v) is 11.3. The molecule has 0 saturated carbocycles. The number of nitrogens with two attached hydrogens (primary N) is 1. The maximum Gasteiger partial charge on any atom is 0.250 e. The predicted octanol–water partition coefficient (Wildman–Crippen LogP) is 3.84. The first-order valence-corrected chi connectivity index (χ1v) is 6.21. The maximum atomic E-state index is 11.2. The molecule has 0 radical (unpaired) electrons. The SMILES string of the molecule is NC(=O)c1ccccc1/N=C/c1ccc(Cl)cc1Cl. The molecule has 3 nitrogen and oxygen atoms in total. The Morgan fingerprint density at radius 3 is 2.58 bits per heavy atom. The highest BCUT2D eigenvalue weighted by atomic mass is 35.5.